The van der Waals surface area contributed by atoms with Gasteiger partial charge in [0, 0.05) is 17.4 Å². The Morgan fingerprint density at radius 2 is 1.96 bits per heavy atom. The van der Waals surface area contributed by atoms with Crippen molar-refractivity contribution in [1.82, 2.24) is 5.43 Å². The molecule has 5 nitrogen and oxygen atoms in total. The molecule has 0 saturated heterocycles. The van der Waals surface area contributed by atoms with Gasteiger partial charge in [-0.25, -0.2) is 5.43 Å². The topological polar surface area (TPSA) is 74.8 Å². The number of carbonyl (C=O) groups is 1. The number of hydrazone groups is 1. The summed E-state index contributed by atoms with van der Waals surface area (Å²) >= 11 is 0. The van der Waals surface area contributed by atoms with Crippen molar-refractivity contribution in [3.8, 4) is 5.75 Å². The molecule has 0 fully saturated rings. The molecule has 0 atom stereocenters. The smallest absolute Gasteiger partial charge is 0.275 e. The molecule has 0 unspecified atom stereocenters. The van der Waals surface area contributed by atoms with E-state index < -0.39 is 5.91 Å². The van der Waals surface area contributed by atoms with Crippen LogP contribution in [-0.4, -0.2) is 17.2 Å². The molecule has 1 aromatic heterocycles. The third-order valence-electron chi connectivity index (χ3n) is 3.54. The summed E-state index contributed by atoms with van der Waals surface area (Å²) < 4.78 is 5.77. The monoisotopic (exact) mass is 308 g/mol. The molecule has 3 rings (SSSR count). The number of phenols is 1. The van der Waals surface area contributed by atoms with Crippen LogP contribution in [0.1, 0.15) is 28.6 Å². The zero-order chi connectivity index (χ0) is 16.2. The molecule has 0 spiro atoms. The average molecular weight is 308 g/mol. The predicted octanol–water partition coefficient (Wildman–Crippen LogP) is 3.46. The van der Waals surface area contributed by atoms with Crippen LogP contribution in [0.5, 0.6) is 5.75 Å². The number of fused-ring (bicyclic) bond motifs is 1. The Morgan fingerprint density at radius 1 is 1.22 bits per heavy atom. The molecule has 1 heterocycles. The molecule has 2 aromatic carbocycles. The summed E-state index contributed by atoms with van der Waals surface area (Å²) in [6.07, 6.45) is 2.30. The highest BCUT2D eigenvalue weighted by molar-refractivity contribution is 6.01. The zero-order valence-corrected chi connectivity index (χ0v) is 12.6. The van der Waals surface area contributed by atoms with E-state index in [0.29, 0.717) is 0 Å². The van der Waals surface area contributed by atoms with Crippen molar-refractivity contribution in [2.24, 2.45) is 5.10 Å². The van der Waals surface area contributed by atoms with Gasteiger partial charge in [0.1, 0.15) is 17.1 Å². The van der Waals surface area contributed by atoms with Crippen LogP contribution in [-0.2, 0) is 6.42 Å². The maximum absolute atomic E-state index is 12.0. The fraction of sp³-hybridized carbons (Fsp3) is 0.111. The molecule has 0 aliphatic heterocycles. The first-order valence-corrected chi connectivity index (χ1v) is 7.32. The summed E-state index contributed by atoms with van der Waals surface area (Å²) in [5.74, 6) is 0.264. The highest BCUT2D eigenvalue weighted by Crippen LogP contribution is 2.24. The van der Waals surface area contributed by atoms with Crippen LogP contribution in [0.25, 0.3) is 11.0 Å². The van der Waals surface area contributed by atoms with Gasteiger partial charge < -0.3 is 9.52 Å². The molecule has 0 aliphatic carbocycles. The second-order valence-corrected chi connectivity index (χ2v) is 5.00. The Hall–Kier alpha value is -3.08. The molecule has 0 aliphatic rings. The van der Waals surface area contributed by atoms with Crippen molar-refractivity contribution in [2.75, 3.05) is 0 Å². The highest BCUT2D eigenvalue weighted by atomic mass is 16.3. The number of phenolic OH excluding ortho intramolecular Hbond substituents is 1. The van der Waals surface area contributed by atoms with Gasteiger partial charge in [0.05, 0.1) is 11.8 Å². The molecule has 2 N–H and O–H groups in total. The summed E-state index contributed by atoms with van der Waals surface area (Å²) in [4.78, 5) is 12.0. The first-order chi connectivity index (χ1) is 11.2. The summed E-state index contributed by atoms with van der Waals surface area (Å²) in [6.45, 7) is 2.00. The van der Waals surface area contributed by atoms with E-state index in [-0.39, 0.29) is 11.3 Å². The van der Waals surface area contributed by atoms with E-state index in [1.807, 2.05) is 31.2 Å². The number of nitrogens with zero attached hydrogens (tertiary/aromatic N) is 1. The van der Waals surface area contributed by atoms with E-state index >= 15 is 0 Å². The van der Waals surface area contributed by atoms with Crippen molar-refractivity contribution >= 4 is 23.1 Å². The lowest BCUT2D eigenvalue weighted by Crippen LogP contribution is -2.17. The molecule has 0 radical (unpaired) electrons. The lowest BCUT2D eigenvalue weighted by atomic mass is 10.1. The second kappa shape index (κ2) is 6.36. The molecular formula is C18H16N2O3. The lowest BCUT2D eigenvalue weighted by Gasteiger charge is -2.01. The Morgan fingerprint density at radius 3 is 2.74 bits per heavy atom. The van der Waals surface area contributed by atoms with Gasteiger partial charge in [-0.15, -0.1) is 0 Å². The Bertz CT molecular complexity index is 881. The van der Waals surface area contributed by atoms with Crippen LogP contribution in [0.3, 0.4) is 0 Å². The largest absolute Gasteiger partial charge is 0.507 e. The number of carbonyl (C=O) groups excluding carboxylic acids is 1. The number of rotatable bonds is 4. The van der Waals surface area contributed by atoms with Gasteiger partial charge in [0.2, 0.25) is 0 Å². The number of aromatic hydroxyl groups is 1. The Balaban J connectivity index is 1.84. The second-order valence-electron chi connectivity index (χ2n) is 5.00. The van der Waals surface area contributed by atoms with Crippen molar-refractivity contribution in [3.05, 3.63) is 65.4 Å². The summed E-state index contributed by atoms with van der Waals surface area (Å²) in [5.41, 5.74) is 4.24. The molecule has 5 heteroatoms. The van der Waals surface area contributed by atoms with E-state index in [9.17, 15) is 9.90 Å². The minimum Gasteiger partial charge on any atom is -0.507 e. The maximum atomic E-state index is 12.0. The van der Waals surface area contributed by atoms with Gasteiger partial charge >= 0.3 is 0 Å². The van der Waals surface area contributed by atoms with Gasteiger partial charge in [0.15, 0.2) is 0 Å². The van der Waals surface area contributed by atoms with Gasteiger partial charge in [-0.3, -0.25) is 4.79 Å². The Kier molecular flexibility index (Phi) is 4.10. The highest BCUT2D eigenvalue weighted by Gasteiger charge is 2.11. The summed E-state index contributed by atoms with van der Waals surface area (Å²) in [5, 5.41) is 14.6. The van der Waals surface area contributed by atoms with Crippen molar-refractivity contribution in [3.63, 3.8) is 0 Å². The van der Waals surface area contributed by atoms with Gasteiger partial charge in [-0.2, -0.15) is 5.10 Å². The van der Waals surface area contributed by atoms with Gasteiger partial charge in [-0.1, -0.05) is 37.3 Å². The molecule has 0 bridgehead atoms. The van der Waals surface area contributed by atoms with Crippen LogP contribution in [0, 0.1) is 0 Å². The quantitative estimate of drug-likeness (QED) is 0.572. The van der Waals surface area contributed by atoms with Gasteiger partial charge in [0.25, 0.3) is 5.91 Å². The van der Waals surface area contributed by atoms with E-state index in [0.717, 1.165) is 28.7 Å². The van der Waals surface area contributed by atoms with Crippen LogP contribution >= 0.6 is 0 Å². The number of hydrogen-bond acceptors (Lipinski definition) is 4. The SMILES string of the molecule is CCc1oc2ccccc2c1/C=N\NC(=O)c1ccccc1O. The minimum absolute atomic E-state index is 0.0804. The van der Waals surface area contributed by atoms with Crippen molar-refractivity contribution < 1.29 is 14.3 Å². The van der Waals surface area contributed by atoms with E-state index in [1.165, 1.54) is 12.1 Å². The van der Waals surface area contributed by atoms with Crippen molar-refractivity contribution in [2.45, 2.75) is 13.3 Å². The molecule has 1 amide bonds. The number of hydrogen-bond donors (Lipinski definition) is 2. The number of benzene rings is 2. The molecule has 3 aromatic rings. The third-order valence-corrected chi connectivity index (χ3v) is 3.54. The fourth-order valence-corrected chi connectivity index (χ4v) is 2.40. The number of furan rings is 1. The fourth-order valence-electron chi connectivity index (χ4n) is 2.40. The zero-order valence-electron chi connectivity index (χ0n) is 12.6. The first-order valence-electron chi connectivity index (χ1n) is 7.32. The number of amides is 1. The summed E-state index contributed by atoms with van der Waals surface area (Å²) in [7, 11) is 0. The molecule has 23 heavy (non-hydrogen) atoms. The van der Waals surface area contributed by atoms with Gasteiger partial charge in [-0.05, 0) is 18.2 Å². The van der Waals surface area contributed by atoms with E-state index in [1.54, 1.807) is 18.3 Å². The van der Waals surface area contributed by atoms with Crippen molar-refractivity contribution in [1.29, 1.82) is 0 Å². The number of aryl methyl sites for hydroxylation is 1. The molecular weight excluding hydrogens is 292 g/mol. The van der Waals surface area contributed by atoms with Crippen LogP contribution in [0.4, 0.5) is 0 Å². The van der Waals surface area contributed by atoms with Crippen LogP contribution < -0.4 is 5.43 Å². The Labute approximate surface area is 133 Å². The lowest BCUT2D eigenvalue weighted by molar-refractivity contribution is 0.0952. The predicted molar refractivity (Wildman–Crippen MR) is 88.8 cm³/mol. The van der Waals surface area contributed by atoms with Crippen LogP contribution in [0.2, 0.25) is 0 Å². The molecule has 0 saturated carbocycles. The number of para-hydroxylation sites is 2. The van der Waals surface area contributed by atoms with Crippen LogP contribution in [0.15, 0.2) is 58.0 Å². The normalized spacial score (nSPS) is 11.2. The standard InChI is InChI=1S/C18H16N2O3/c1-2-16-14(12-7-4-6-10-17(12)23-16)11-19-20-18(22)13-8-3-5-9-15(13)21/h3-11,21H,2H2,1H3,(H,20,22)/b19-11-. The minimum atomic E-state index is -0.467. The number of nitrogens with one attached hydrogen (secondary N) is 1. The maximum Gasteiger partial charge on any atom is 0.275 e. The van der Waals surface area contributed by atoms with E-state index in [4.69, 9.17) is 4.42 Å². The van der Waals surface area contributed by atoms with E-state index in [2.05, 4.69) is 10.5 Å². The third kappa shape index (κ3) is 2.94. The first kappa shape index (κ1) is 14.8. The average Bonchev–Trinajstić information content (AvgIpc) is 2.93. The molecule has 116 valence electrons. The summed E-state index contributed by atoms with van der Waals surface area (Å²) in [6, 6.07) is 14.0.